The highest BCUT2D eigenvalue weighted by atomic mass is 35.5. The number of ether oxygens (including phenoxy) is 1. The van der Waals surface area contributed by atoms with Crippen LogP contribution in [0.2, 0.25) is 0 Å². The average Bonchev–Trinajstić information content (AvgIpc) is 2.60. The van der Waals surface area contributed by atoms with E-state index in [1.165, 1.54) is 7.11 Å². The molecule has 0 N–H and O–H groups in total. The van der Waals surface area contributed by atoms with E-state index in [2.05, 4.69) is 0 Å². The van der Waals surface area contributed by atoms with Crippen molar-refractivity contribution in [3.63, 3.8) is 0 Å². The Hall–Kier alpha value is 0.0800. The molecule has 0 bridgehead atoms. The van der Waals surface area contributed by atoms with Crippen LogP contribution in [0.1, 0.15) is 19.8 Å². The molecule has 0 aromatic carbocycles. The maximum Gasteiger partial charge on any atom is 0.193 e. The van der Waals surface area contributed by atoms with Crippen LogP contribution in [-0.2, 0) is 9.53 Å². The van der Waals surface area contributed by atoms with Crippen LogP contribution >= 0.6 is 34.8 Å². The molecule has 5 heteroatoms. The lowest BCUT2D eigenvalue weighted by Gasteiger charge is -2.12. The minimum atomic E-state index is -0.744. The van der Waals surface area contributed by atoms with Gasteiger partial charge in [0.05, 0.1) is 7.11 Å². The molecule has 0 radical (unpaired) electrons. The largest absolute Gasteiger partial charge is 0.486 e. The summed E-state index contributed by atoms with van der Waals surface area (Å²) in [6.07, 6.45) is 1.78. The van der Waals surface area contributed by atoms with Gasteiger partial charge in [0.25, 0.3) is 0 Å². The standard InChI is InChI=1S/C9H11Cl3O2/c1-8(5-9(8,11)12)3-6(4-13)7(10)14-2/h4H,3,5H2,1-2H3. The van der Waals surface area contributed by atoms with Crippen LogP contribution in [0, 0.1) is 5.41 Å². The molecular weight excluding hydrogens is 246 g/mol. The first-order valence-electron chi connectivity index (χ1n) is 4.12. The van der Waals surface area contributed by atoms with Crippen LogP contribution in [0.15, 0.2) is 10.8 Å². The molecule has 80 valence electrons. The van der Waals surface area contributed by atoms with E-state index in [4.69, 9.17) is 39.5 Å². The Labute approximate surface area is 98.1 Å². The van der Waals surface area contributed by atoms with Crippen LogP contribution in [0.4, 0.5) is 0 Å². The Bertz CT molecular complexity index is 286. The van der Waals surface area contributed by atoms with E-state index in [1.54, 1.807) is 0 Å². The van der Waals surface area contributed by atoms with Crippen molar-refractivity contribution in [2.75, 3.05) is 7.11 Å². The monoisotopic (exact) mass is 256 g/mol. The third-order valence-electron chi connectivity index (χ3n) is 2.52. The number of hydrogen-bond acceptors (Lipinski definition) is 2. The second-order valence-electron chi connectivity index (χ2n) is 3.74. The predicted molar refractivity (Wildman–Crippen MR) is 57.7 cm³/mol. The third kappa shape index (κ3) is 2.18. The maximum atomic E-state index is 10.7. The second kappa shape index (κ2) is 3.92. The summed E-state index contributed by atoms with van der Waals surface area (Å²) in [7, 11) is 1.41. The lowest BCUT2D eigenvalue weighted by atomic mass is 10.0. The van der Waals surface area contributed by atoms with Gasteiger partial charge in [-0.25, -0.2) is 0 Å². The van der Waals surface area contributed by atoms with E-state index in [0.717, 1.165) is 0 Å². The molecule has 1 aliphatic rings. The smallest absolute Gasteiger partial charge is 0.193 e. The summed E-state index contributed by atoms with van der Waals surface area (Å²) in [6.45, 7) is 1.91. The Balaban J connectivity index is 2.74. The quantitative estimate of drug-likeness (QED) is 0.334. The summed E-state index contributed by atoms with van der Waals surface area (Å²) < 4.78 is 4.03. The molecule has 0 spiro atoms. The van der Waals surface area contributed by atoms with E-state index in [-0.39, 0.29) is 10.6 Å². The Morgan fingerprint density at radius 3 is 2.36 bits per heavy atom. The number of rotatable bonds is 4. The Morgan fingerprint density at radius 2 is 2.07 bits per heavy atom. The van der Waals surface area contributed by atoms with Crippen LogP contribution in [0.25, 0.3) is 0 Å². The molecule has 1 saturated carbocycles. The van der Waals surface area contributed by atoms with Crippen molar-refractivity contribution in [3.05, 3.63) is 10.8 Å². The summed E-state index contributed by atoms with van der Waals surface area (Å²) in [4.78, 5) is 10.7. The minimum absolute atomic E-state index is 0.109. The van der Waals surface area contributed by atoms with Crippen LogP contribution in [0.3, 0.4) is 0 Å². The number of halogens is 3. The van der Waals surface area contributed by atoms with Gasteiger partial charge in [-0.1, -0.05) is 6.92 Å². The second-order valence-corrected chi connectivity index (χ2v) is 5.57. The maximum absolute atomic E-state index is 10.7. The molecule has 14 heavy (non-hydrogen) atoms. The zero-order valence-electron chi connectivity index (χ0n) is 7.94. The molecule has 0 aromatic rings. The van der Waals surface area contributed by atoms with Gasteiger partial charge >= 0.3 is 0 Å². The highest BCUT2D eigenvalue weighted by Gasteiger charge is 2.62. The molecule has 2 nitrogen and oxygen atoms in total. The molecule has 0 amide bonds. The normalized spacial score (nSPS) is 30.6. The molecule has 1 unspecified atom stereocenters. The molecule has 1 rings (SSSR count). The Morgan fingerprint density at radius 1 is 1.57 bits per heavy atom. The van der Waals surface area contributed by atoms with Crippen molar-refractivity contribution in [2.45, 2.75) is 24.1 Å². The minimum Gasteiger partial charge on any atom is -0.486 e. The fourth-order valence-electron chi connectivity index (χ4n) is 1.35. The highest BCUT2D eigenvalue weighted by molar-refractivity contribution is 6.51. The van der Waals surface area contributed by atoms with E-state index < -0.39 is 4.33 Å². The number of alkyl halides is 2. The fourth-order valence-corrected chi connectivity index (χ4v) is 2.18. The first kappa shape index (κ1) is 12.2. The first-order chi connectivity index (χ1) is 6.36. The van der Waals surface area contributed by atoms with Crippen LogP contribution < -0.4 is 0 Å². The van der Waals surface area contributed by atoms with Crippen molar-refractivity contribution in [1.82, 2.24) is 0 Å². The molecule has 0 aromatic heterocycles. The molecule has 0 aliphatic heterocycles. The first-order valence-corrected chi connectivity index (χ1v) is 5.25. The summed E-state index contributed by atoms with van der Waals surface area (Å²) in [5.41, 5.74) is 0.130. The summed E-state index contributed by atoms with van der Waals surface area (Å²) >= 11 is 17.6. The van der Waals surface area contributed by atoms with Gasteiger partial charge in [0.2, 0.25) is 0 Å². The van der Waals surface area contributed by atoms with E-state index in [0.29, 0.717) is 24.7 Å². The lowest BCUT2D eigenvalue weighted by Crippen LogP contribution is -2.07. The van der Waals surface area contributed by atoms with Crippen LogP contribution in [-0.4, -0.2) is 17.7 Å². The van der Waals surface area contributed by atoms with Gasteiger partial charge in [-0.15, -0.1) is 23.2 Å². The van der Waals surface area contributed by atoms with Gasteiger partial charge in [-0.2, -0.15) is 0 Å². The molecule has 1 aliphatic carbocycles. The zero-order chi connectivity index (χ0) is 11.0. The van der Waals surface area contributed by atoms with Gasteiger partial charge in [-0.3, -0.25) is 4.79 Å². The number of allylic oxidation sites excluding steroid dienone is 1. The van der Waals surface area contributed by atoms with E-state index in [9.17, 15) is 4.79 Å². The highest BCUT2D eigenvalue weighted by Crippen LogP contribution is 2.66. The van der Waals surface area contributed by atoms with E-state index >= 15 is 0 Å². The molecule has 0 saturated heterocycles. The van der Waals surface area contributed by atoms with Crippen molar-refractivity contribution < 1.29 is 9.53 Å². The molecular formula is C9H11Cl3O2. The van der Waals surface area contributed by atoms with Gasteiger partial charge < -0.3 is 4.74 Å². The molecule has 0 heterocycles. The van der Waals surface area contributed by atoms with Crippen molar-refractivity contribution in [2.24, 2.45) is 5.41 Å². The van der Waals surface area contributed by atoms with Gasteiger partial charge in [0, 0.05) is 11.0 Å². The average molecular weight is 258 g/mol. The molecule has 1 fully saturated rings. The van der Waals surface area contributed by atoms with Gasteiger partial charge in [0.15, 0.2) is 11.5 Å². The molecule has 1 atom stereocenters. The third-order valence-corrected chi connectivity index (χ3v) is 4.10. The zero-order valence-corrected chi connectivity index (χ0v) is 10.2. The summed E-state index contributed by atoms with van der Waals surface area (Å²) in [5, 5.41) is 0.109. The van der Waals surface area contributed by atoms with Crippen molar-refractivity contribution >= 4 is 41.1 Å². The van der Waals surface area contributed by atoms with Crippen LogP contribution in [0.5, 0.6) is 0 Å². The topological polar surface area (TPSA) is 26.3 Å². The fraction of sp³-hybridized carbons (Fsp3) is 0.667. The van der Waals surface area contributed by atoms with Gasteiger partial charge in [-0.05, 0) is 24.4 Å². The number of carbonyl (C=O) groups excluding carboxylic acids is 1. The summed E-state index contributed by atoms with van der Waals surface area (Å²) in [5.74, 6) is 0. The number of aldehydes is 1. The van der Waals surface area contributed by atoms with E-state index in [1.807, 2.05) is 6.92 Å². The van der Waals surface area contributed by atoms with Crippen molar-refractivity contribution in [3.8, 4) is 0 Å². The number of carbonyl (C=O) groups is 1. The SMILES string of the molecule is COC(Cl)=C(C=O)CC1(C)CC1(Cl)Cl. The predicted octanol–water partition coefficient (Wildman–Crippen LogP) is 3.26. The number of methoxy groups -OCH3 is 1. The lowest BCUT2D eigenvalue weighted by molar-refractivity contribution is -0.105. The van der Waals surface area contributed by atoms with Gasteiger partial charge in [0.1, 0.15) is 4.33 Å². The van der Waals surface area contributed by atoms with Crippen molar-refractivity contribution in [1.29, 1.82) is 0 Å². The Kier molecular flexibility index (Phi) is 3.40. The summed E-state index contributed by atoms with van der Waals surface area (Å²) in [6, 6.07) is 0. The number of hydrogen-bond donors (Lipinski definition) is 0.